The van der Waals surface area contributed by atoms with Gasteiger partial charge in [-0.2, -0.15) is 0 Å². The molecule has 2 heteroatoms. The van der Waals surface area contributed by atoms with E-state index in [1.54, 1.807) is 0 Å². The molecule has 0 spiro atoms. The molecule has 0 saturated heterocycles. The first-order valence-electron chi connectivity index (χ1n) is 8.78. The molecule has 0 unspecified atom stereocenters. The third-order valence-corrected chi connectivity index (χ3v) is 3.51. The number of likely N-dealkylation sites (N-methyl/N-ethyl adjacent to an activating group) is 1. The summed E-state index contributed by atoms with van der Waals surface area (Å²) in [7, 11) is 2.21. The molecule has 0 aliphatic rings. The Balaban J connectivity index is 0. The lowest BCUT2D eigenvalue weighted by Crippen LogP contribution is -2.41. The molecule has 130 valence electrons. The van der Waals surface area contributed by atoms with Crippen LogP contribution in [0.4, 0.5) is 0 Å². The van der Waals surface area contributed by atoms with Gasteiger partial charge in [-0.05, 0) is 48.1 Å². The molecule has 0 aromatic heterocycles. The van der Waals surface area contributed by atoms with E-state index in [1.807, 2.05) is 26.0 Å². The van der Waals surface area contributed by atoms with Gasteiger partial charge in [-0.1, -0.05) is 50.3 Å². The van der Waals surface area contributed by atoms with Crippen molar-refractivity contribution in [3.8, 4) is 0 Å². The van der Waals surface area contributed by atoms with Crippen molar-refractivity contribution in [2.75, 3.05) is 26.7 Å². The van der Waals surface area contributed by atoms with Crippen LogP contribution in [0.5, 0.6) is 0 Å². The van der Waals surface area contributed by atoms with Crippen LogP contribution in [0.2, 0.25) is 0 Å². The maximum Gasteiger partial charge on any atom is 0.0115 e. The van der Waals surface area contributed by atoms with Crippen molar-refractivity contribution in [2.24, 2.45) is 0 Å². The zero-order valence-corrected chi connectivity index (χ0v) is 16.4. The standard InChI is InChI=1S/C18H34N2.C2H6/c1-8-11-18(6)12-9-10-13-19(7)14-15-20(16(2)3)17(4)5;1-2/h8-9,11-12,16-17H,1,10,13-15H2,2-7H3;1-2H3/b12-9-,18-11-;. The van der Waals surface area contributed by atoms with Gasteiger partial charge >= 0.3 is 0 Å². The molecule has 0 radical (unpaired) electrons. The van der Waals surface area contributed by atoms with E-state index in [9.17, 15) is 0 Å². The van der Waals surface area contributed by atoms with Crippen LogP contribution in [0.3, 0.4) is 0 Å². The summed E-state index contributed by atoms with van der Waals surface area (Å²) in [6.45, 7) is 22.3. The smallest absolute Gasteiger partial charge is 0.0115 e. The Labute approximate surface area is 140 Å². The van der Waals surface area contributed by atoms with Crippen LogP contribution in [-0.2, 0) is 0 Å². The van der Waals surface area contributed by atoms with Crippen LogP contribution in [0.25, 0.3) is 0 Å². The van der Waals surface area contributed by atoms with Crippen LogP contribution < -0.4 is 0 Å². The third-order valence-electron chi connectivity index (χ3n) is 3.51. The fraction of sp³-hybridized carbons (Fsp3) is 0.700. The summed E-state index contributed by atoms with van der Waals surface area (Å²) >= 11 is 0. The van der Waals surface area contributed by atoms with E-state index in [-0.39, 0.29) is 0 Å². The Hall–Kier alpha value is -0.860. The van der Waals surface area contributed by atoms with Crippen LogP contribution in [0.1, 0.15) is 54.9 Å². The molecule has 0 N–H and O–H groups in total. The summed E-state index contributed by atoms with van der Waals surface area (Å²) < 4.78 is 0. The van der Waals surface area contributed by atoms with Crippen molar-refractivity contribution < 1.29 is 0 Å². The van der Waals surface area contributed by atoms with Gasteiger partial charge in [-0.15, -0.1) is 0 Å². The monoisotopic (exact) mass is 308 g/mol. The highest BCUT2D eigenvalue weighted by Gasteiger charge is 2.13. The molecule has 0 rings (SSSR count). The van der Waals surface area contributed by atoms with Gasteiger partial charge in [0, 0.05) is 31.7 Å². The molecule has 22 heavy (non-hydrogen) atoms. The van der Waals surface area contributed by atoms with Crippen molar-refractivity contribution >= 4 is 0 Å². The second-order valence-corrected chi connectivity index (χ2v) is 6.07. The average molecular weight is 309 g/mol. The Morgan fingerprint density at radius 3 is 2.00 bits per heavy atom. The van der Waals surface area contributed by atoms with Gasteiger partial charge in [-0.25, -0.2) is 0 Å². The molecule has 2 nitrogen and oxygen atoms in total. The zero-order chi connectivity index (χ0) is 17.5. The van der Waals surface area contributed by atoms with Gasteiger partial charge in [0.25, 0.3) is 0 Å². The molecule has 0 aromatic carbocycles. The van der Waals surface area contributed by atoms with Gasteiger partial charge in [0.1, 0.15) is 0 Å². The molecular weight excluding hydrogens is 268 g/mol. The Kier molecular flexibility index (Phi) is 16.0. The summed E-state index contributed by atoms with van der Waals surface area (Å²) in [6, 6.07) is 1.24. The summed E-state index contributed by atoms with van der Waals surface area (Å²) in [6.07, 6.45) is 9.38. The Morgan fingerprint density at radius 1 is 1.00 bits per heavy atom. The zero-order valence-electron chi connectivity index (χ0n) is 16.4. The molecule has 0 aliphatic carbocycles. The Bertz CT molecular complexity index is 306. The minimum Gasteiger partial charge on any atom is -0.305 e. The first-order chi connectivity index (χ1) is 10.4. The largest absolute Gasteiger partial charge is 0.305 e. The molecule has 0 bridgehead atoms. The van der Waals surface area contributed by atoms with Crippen molar-refractivity contribution in [3.05, 3.63) is 36.5 Å². The van der Waals surface area contributed by atoms with Crippen LogP contribution in [0, 0.1) is 0 Å². The average Bonchev–Trinajstić information content (AvgIpc) is 2.45. The fourth-order valence-corrected chi connectivity index (χ4v) is 2.32. The van der Waals surface area contributed by atoms with Crippen LogP contribution in [0.15, 0.2) is 36.5 Å². The minimum atomic E-state index is 0.620. The summed E-state index contributed by atoms with van der Waals surface area (Å²) in [5.41, 5.74) is 1.26. The van der Waals surface area contributed by atoms with Crippen molar-refractivity contribution in [1.82, 2.24) is 9.80 Å². The van der Waals surface area contributed by atoms with Gasteiger partial charge in [0.15, 0.2) is 0 Å². The van der Waals surface area contributed by atoms with Gasteiger partial charge < -0.3 is 4.90 Å². The van der Waals surface area contributed by atoms with Crippen molar-refractivity contribution in [2.45, 2.75) is 67.0 Å². The predicted octanol–water partition coefficient (Wildman–Crippen LogP) is 5.14. The molecule has 0 heterocycles. The van der Waals surface area contributed by atoms with Crippen molar-refractivity contribution in [1.29, 1.82) is 0 Å². The highest BCUT2D eigenvalue weighted by molar-refractivity contribution is 5.20. The molecule has 0 aromatic rings. The number of nitrogens with zero attached hydrogens (tertiary/aromatic N) is 2. The molecule has 0 saturated carbocycles. The normalized spacial score (nSPS) is 12.5. The van der Waals surface area contributed by atoms with E-state index in [0.29, 0.717) is 12.1 Å². The number of hydrogen-bond acceptors (Lipinski definition) is 2. The first-order valence-corrected chi connectivity index (χ1v) is 8.78. The second kappa shape index (κ2) is 15.1. The highest BCUT2D eigenvalue weighted by atomic mass is 15.2. The maximum absolute atomic E-state index is 3.70. The molecular formula is C20H40N2. The minimum absolute atomic E-state index is 0.620. The predicted molar refractivity (Wildman–Crippen MR) is 104 cm³/mol. The van der Waals surface area contributed by atoms with Crippen molar-refractivity contribution in [3.63, 3.8) is 0 Å². The lowest BCUT2D eigenvalue weighted by molar-refractivity contribution is 0.153. The SMILES string of the molecule is C=C/C=C(C)\C=C/CCN(C)CCN(C(C)C)C(C)C.CC. The van der Waals surface area contributed by atoms with E-state index < -0.39 is 0 Å². The van der Waals surface area contributed by atoms with Gasteiger partial charge in [0.2, 0.25) is 0 Å². The second-order valence-electron chi connectivity index (χ2n) is 6.07. The Morgan fingerprint density at radius 2 is 1.55 bits per heavy atom. The van der Waals surface area contributed by atoms with E-state index in [4.69, 9.17) is 0 Å². The molecule has 0 atom stereocenters. The summed E-state index contributed by atoms with van der Waals surface area (Å²) in [5, 5.41) is 0. The molecule has 0 amide bonds. The maximum atomic E-state index is 3.70. The van der Waals surface area contributed by atoms with E-state index >= 15 is 0 Å². The molecule has 0 aliphatic heterocycles. The van der Waals surface area contributed by atoms with E-state index in [0.717, 1.165) is 26.1 Å². The lowest BCUT2D eigenvalue weighted by atomic mass is 10.2. The van der Waals surface area contributed by atoms with E-state index in [2.05, 4.69) is 70.2 Å². The first kappa shape index (κ1) is 23.4. The van der Waals surface area contributed by atoms with Gasteiger partial charge in [0.05, 0.1) is 0 Å². The van der Waals surface area contributed by atoms with Crippen LogP contribution in [-0.4, -0.2) is 48.6 Å². The summed E-state index contributed by atoms with van der Waals surface area (Å²) in [4.78, 5) is 4.96. The van der Waals surface area contributed by atoms with E-state index in [1.165, 1.54) is 5.57 Å². The van der Waals surface area contributed by atoms with Crippen LogP contribution >= 0.6 is 0 Å². The number of rotatable bonds is 10. The number of allylic oxidation sites excluding steroid dienone is 4. The molecule has 0 fully saturated rings. The topological polar surface area (TPSA) is 6.48 Å². The highest BCUT2D eigenvalue weighted by Crippen LogP contribution is 2.05. The quantitative estimate of drug-likeness (QED) is 0.515. The third kappa shape index (κ3) is 12.8. The lowest BCUT2D eigenvalue weighted by Gasteiger charge is -2.32. The number of hydrogen-bond donors (Lipinski definition) is 0. The van der Waals surface area contributed by atoms with Gasteiger partial charge in [-0.3, -0.25) is 4.90 Å². The summed E-state index contributed by atoms with van der Waals surface area (Å²) in [5.74, 6) is 0. The fourth-order valence-electron chi connectivity index (χ4n) is 2.32.